The zero-order chi connectivity index (χ0) is 17.6. The Labute approximate surface area is 150 Å². The van der Waals surface area contributed by atoms with E-state index in [4.69, 9.17) is 0 Å². The van der Waals surface area contributed by atoms with Crippen molar-refractivity contribution in [1.29, 1.82) is 0 Å². The molecular weight excluding hydrogens is 312 g/mol. The Bertz CT molecular complexity index is 707. The van der Waals surface area contributed by atoms with Gasteiger partial charge in [-0.05, 0) is 36.8 Å². The van der Waals surface area contributed by atoms with Crippen molar-refractivity contribution in [2.24, 2.45) is 0 Å². The third-order valence-electron chi connectivity index (χ3n) is 4.86. The maximum absolute atomic E-state index is 11.6. The zero-order valence-corrected chi connectivity index (χ0v) is 15.2. The standard InChI is InChI=1S/C20H28N4O/c1-23(2)20(25)12-7-14-24-15-13-19(22-24)21-18-11-6-4-9-16-8-3-5-10-17(16)18/h3,5,8,10,13,15,18H,4,6-7,9,11-12,14H2,1-2H3,(H,21,22). The van der Waals surface area contributed by atoms with Crippen molar-refractivity contribution in [3.8, 4) is 0 Å². The topological polar surface area (TPSA) is 50.2 Å². The van der Waals surface area contributed by atoms with Gasteiger partial charge in [0.25, 0.3) is 0 Å². The number of amides is 1. The van der Waals surface area contributed by atoms with Crippen LogP contribution < -0.4 is 5.32 Å². The van der Waals surface area contributed by atoms with Crippen LogP contribution in [-0.4, -0.2) is 34.7 Å². The first-order valence-electron chi connectivity index (χ1n) is 9.21. The van der Waals surface area contributed by atoms with Gasteiger partial charge < -0.3 is 10.2 Å². The molecule has 5 nitrogen and oxygen atoms in total. The molecule has 1 heterocycles. The Morgan fingerprint density at radius 2 is 2.12 bits per heavy atom. The molecule has 0 fully saturated rings. The second-order valence-corrected chi connectivity index (χ2v) is 7.00. The normalized spacial score (nSPS) is 16.8. The van der Waals surface area contributed by atoms with Crippen LogP contribution in [0.1, 0.15) is 49.3 Å². The Kier molecular flexibility index (Phi) is 5.74. The Balaban J connectivity index is 1.59. The summed E-state index contributed by atoms with van der Waals surface area (Å²) in [6, 6.07) is 11.1. The first kappa shape index (κ1) is 17.5. The third kappa shape index (κ3) is 4.62. The highest BCUT2D eigenvalue weighted by Crippen LogP contribution is 2.30. The number of benzene rings is 1. The summed E-state index contributed by atoms with van der Waals surface area (Å²) in [6.45, 7) is 0.766. The lowest BCUT2D eigenvalue weighted by atomic mass is 9.99. The largest absolute Gasteiger partial charge is 0.362 e. The number of aromatic nitrogens is 2. The third-order valence-corrected chi connectivity index (χ3v) is 4.86. The lowest BCUT2D eigenvalue weighted by molar-refractivity contribution is -0.128. The summed E-state index contributed by atoms with van der Waals surface area (Å²) in [5.41, 5.74) is 2.87. The minimum Gasteiger partial charge on any atom is -0.362 e. The Morgan fingerprint density at radius 1 is 1.28 bits per heavy atom. The first-order chi connectivity index (χ1) is 12.1. The number of fused-ring (bicyclic) bond motifs is 1. The van der Waals surface area contributed by atoms with Crippen LogP contribution >= 0.6 is 0 Å². The number of anilines is 1. The molecule has 1 aromatic heterocycles. The van der Waals surface area contributed by atoms with Crippen molar-refractivity contribution in [2.45, 2.75) is 51.1 Å². The number of aryl methyl sites for hydroxylation is 2. The van der Waals surface area contributed by atoms with E-state index in [1.165, 1.54) is 30.4 Å². The first-order valence-corrected chi connectivity index (χ1v) is 9.21. The molecule has 134 valence electrons. The summed E-state index contributed by atoms with van der Waals surface area (Å²) in [6.07, 6.45) is 8.16. The van der Waals surface area contributed by atoms with Crippen molar-refractivity contribution < 1.29 is 4.79 Å². The summed E-state index contributed by atoms with van der Waals surface area (Å²) < 4.78 is 1.92. The molecule has 1 aliphatic carbocycles. The maximum Gasteiger partial charge on any atom is 0.222 e. The van der Waals surface area contributed by atoms with Crippen LogP contribution in [-0.2, 0) is 17.8 Å². The van der Waals surface area contributed by atoms with E-state index in [-0.39, 0.29) is 5.91 Å². The minimum atomic E-state index is 0.167. The number of rotatable bonds is 6. The average molecular weight is 340 g/mol. The summed E-state index contributed by atoms with van der Waals surface area (Å²) in [4.78, 5) is 13.3. The Hall–Kier alpha value is -2.30. The van der Waals surface area contributed by atoms with Crippen molar-refractivity contribution in [3.05, 3.63) is 47.7 Å². The molecule has 1 atom stereocenters. The second-order valence-electron chi connectivity index (χ2n) is 7.00. The maximum atomic E-state index is 11.6. The van der Waals surface area contributed by atoms with Crippen LogP contribution in [0.3, 0.4) is 0 Å². The monoisotopic (exact) mass is 340 g/mol. The van der Waals surface area contributed by atoms with Gasteiger partial charge in [-0.2, -0.15) is 5.10 Å². The van der Waals surface area contributed by atoms with Gasteiger partial charge in [-0.15, -0.1) is 0 Å². The van der Waals surface area contributed by atoms with Crippen LogP contribution in [0.15, 0.2) is 36.5 Å². The number of nitrogens with one attached hydrogen (secondary N) is 1. The number of hydrogen-bond acceptors (Lipinski definition) is 3. The zero-order valence-electron chi connectivity index (χ0n) is 15.2. The minimum absolute atomic E-state index is 0.167. The molecule has 0 spiro atoms. The quantitative estimate of drug-likeness (QED) is 0.817. The molecule has 0 radical (unpaired) electrons. The highest BCUT2D eigenvalue weighted by atomic mass is 16.2. The van der Waals surface area contributed by atoms with Crippen LogP contribution in [0.4, 0.5) is 5.82 Å². The molecule has 3 rings (SSSR count). The molecule has 1 N–H and O–H groups in total. The van der Waals surface area contributed by atoms with Gasteiger partial charge in [0, 0.05) is 39.3 Å². The Morgan fingerprint density at radius 3 is 2.96 bits per heavy atom. The number of carbonyl (C=O) groups is 1. The molecule has 0 aliphatic heterocycles. The van der Waals surface area contributed by atoms with Gasteiger partial charge in [-0.3, -0.25) is 9.48 Å². The van der Waals surface area contributed by atoms with Crippen molar-refractivity contribution in [1.82, 2.24) is 14.7 Å². The van der Waals surface area contributed by atoms with E-state index in [1.807, 2.05) is 16.9 Å². The van der Waals surface area contributed by atoms with E-state index in [0.29, 0.717) is 12.5 Å². The van der Waals surface area contributed by atoms with E-state index in [0.717, 1.165) is 25.2 Å². The van der Waals surface area contributed by atoms with Gasteiger partial charge in [0.05, 0.1) is 6.04 Å². The predicted octanol–water partition coefficient (Wildman–Crippen LogP) is 3.63. The SMILES string of the molecule is CN(C)C(=O)CCCn1ccc(NC2CCCCc3ccccc32)n1. The van der Waals surface area contributed by atoms with Crippen LogP contribution in [0.5, 0.6) is 0 Å². The number of nitrogens with zero attached hydrogens (tertiary/aromatic N) is 3. The lowest BCUT2D eigenvalue weighted by Crippen LogP contribution is -2.21. The van der Waals surface area contributed by atoms with Crippen molar-refractivity contribution in [2.75, 3.05) is 19.4 Å². The van der Waals surface area contributed by atoms with E-state index in [1.54, 1.807) is 19.0 Å². The molecule has 0 saturated heterocycles. The molecular formula is C20H28N4O. The lowest BCUT2D eigenvalue weighted by Gasteiger charge is -2.19. The molecule has 0 saturated carbocycles. The summed E-state index contributed by atoms with van der Waals surface area (Å²) in [5, 5.41) is 8.24. The van der Waals surface area contributed by atoms with Crippen molar-refractivity contribution >= 4 is 11.7 Å². The number of hydrogen-bond donors (Lipinski definition) is 1. The molecule has 0 bridgehead atoms. The molecule has 1 aromatic carbocycles. The van der Waals surface area contributed by atoms with E-state index in [2.05, 4.69) is 34.7 Å². The van der Waals surface area contributed by atoms with Gasteiger partial charge in [0.15, 0.2) is 0 Å². The van der Waals surface area contributed by atoms with Gasteiger partial charge in [0.1, 0.15) is 5.82 Å². The number of carbonyl (C=O) groups excluding carboxylic acids is 1. The van der Waals surface area contributed by atoms with E-state index < -0.39 is 0 Å². The van der Waals surface area contributed by atoms with E-state index in [9.17, 15) is 4.79 Å². The summed E-state index contributed by atoms with van der Waals surface area (Å²) in [7, 11) is 3.59. The summed E-state index contributed by atoms with van der Waals surface area (Å²) in [5.74, 6) is 1.08. The summed E-state index contributed by atoms with van der Waals surface area (Å²) >= 11 is 0. The molecule has 1 aliphatic rings. The van der Waals surface area contributed by atoms with Gasteiger partial charge in [-0.1, -0.05) is 30.7 Å². The van der Waals surface area contributed by atoms with Gasteiger partial charge >= 0.3 is 0 Å². The fourth-order valence-corrected chi connectivity index (χ4v) is 3.43. The predicted molar refractivity (Wildman–Crippen MR) is 101 cm³/mol. The molecule has 5 heteroatoms. The molecule has 2 aromatic rings. The van der Waals surface area contributed by atoms with Gasteiger partial charge in [0.2, 0.25) is 5.91 Å². The smallest absolute Gasteiger partial charge is 0.222 e. The molecule has 25 heavy (non-hydrogen) atoms. The second kappa shape index (κ2) is 8.19. The van der Waals surface area contributed by atoms with Crippen LogP contribution in [0.2, 0.25) is 0 Å². The molecule has 1 unspecified atom stereocenters. The van der Waals surface area contributed by atoms with E-state index >= 15 is 0 Å². The fraction of sp³-hybridized carbons (Fsp3) is 0.500. The van der Waals surface area contributed by atoms with Crippen LogP contribution in [0, 0.1) is 0 Å². The fourth-order valence-electron chi connectivity index (χ4n) is 3.43. The highest BCUT2D eigenvalue weighted by Gasteiger charge is 2.18. The van der Waals surface area contributed by atoms with Crippen LogP contribution in [0.25, 0.3) is 0 Å². The van der Waals surface area contributed by atoms with Gasteiger partial charge in [-0.25, -0.2) is 0 Å². The van der Waals surface area contributed by atoms with Crippen molar-refractivity contribution in [3.63, 3.8) is 0 Å². The average Bonchev–Trinajstić information content (AvgIpc) is 2.95. The molecule has 1 amide bonds. The highest BCUT2D eigenvalue weighted by molar-refractivity contribution is 5.75.